The van der Waals surface area contributed by atoms with Crippen molar-refractivity contribution in [3.05, 3.63) is 11.7 Å². The molecule has 23 heavy (non-hydrogen) atoms. The summed E-state index contributed by atoms with van der Waals surface area (Å²) >= 11 is 0. The van der Waals surface area contributed by atoms with Gasteiger partial charge in [0.1, 0.15) is 0 Å². The average Bonchev–Trinajstić information content (AvgIpc) is 2.97. The van der Waals surface area contributed by atoms with Crippen molar-refractivity contribution in [1.29, 1.82) is 0 Å². The first-order chi connectivity index (χ1) is 11.1. The van der Waals surface area contributed by atoms with Gasteiger partial charge in [0.2, 0.25) is 11.8 Å². The molecule has 1 aromatic rings. The van der Waals surface area contributed by atoms with Gasteiger partial charge in [0, 0.05) is 32.0 Å². The Morgan fingerprint density at radius 1 is 1.09 bits per heavy atom. The van der Waals surface area contributed by atoms with Gasteiger partial charge in [-0.25, -0.2) is 4.79 Å². The zero-order valence-electron chi connectivity index (χ0n) is 13.6. The number of urea groups is 1. The third-order valence-electron chi connectivity index (χ3n) is 3.88. The van der Waals surface area contributed by atoms with Crippen molar-refractivity contribution < 1.29 is 14.1 Å². The molecule has 1 aromatic heterocycles. The number of nitrogens with zero attached hydrogens (tertiary/aromatic N) is 2. The lowest BCUT2D eigenvalue weighted by Gasteiger charge is -2.20. The van der Waals surface area contributed by atoms with Gasteiger partial charge in [-0.2, -0.15) is 4.98 Å². The van der Waals surface area contributed by atoms with Gasteiger partial charge in [0.25, 0.3) is 0 Å². The van der Waals surface area contributed by atoms with E-state index in [9.17, 15) is 9.59 Å². The van der Waals surface area contributed by atoms with Crippen LogP contribution in [0.25, 0.3) is 0 Å². The van der Waals surface area contributed by atoms with Crippen LogP contribution in [0.15, 0.2) is 4.52 Å². The van der Waals surface area contributed by atoms with E-state index >= 15 is 0 Å². The van der Waals surface area contributed by atoms with E-state index in [0.29, 0.717) is 37.8 Å². The zero-order valence-corrected chi connectivity index (χ0v) is 13.6. The van der Waals surface area contributed by atoms with Gasteiger partial charge in [0.05, 0.1) is 0 Å². The van der Waals surface area contributed by atoms with Crippen LogP contribution in [0.1, 0.15) is 43.8 Å². The Hall–Kier alpha value is -2.12. The van der Waals surface area contributed by atoms with Gasteiger partial charge in [-0.3, -0.25) is 4.79 Å². The molecule has 0 bridgehead atoms. The third-order valence-corrected chi connectivity index (χ3v) is 3.88. The fourth-order valence-electron chi connectivity index (χ4n) is 2.66. The highest BCUT2D eigenvalue weighted by Crippen LogP contribution is 2.23. The van der Waals surface area contributed by atoms with Gasteiger partial charge >= 0.3 is 6.03 Å². The lowest BCUT2D eigenvalue weighted by atomic mass is 9.89. The highest BCUT2D eigenvalue weighted by Gasteiger charge is 2.20. The molecule has 1 saturated carbocycles. The van der Waals surface area contributed by atoms with E-state index in [1.54, 1.807) is 6.92 Å². The molecule has 8 nitrogen and oxygen atoms in total. The zero-order chi connectivity index (χ0) is 16.5. The molecule has 1 aliphatic carbocycles. The van der Waals surface area contributed by atoms with Gasteiger partial charge in [0.15, 0.2) is 5.82 Å². The first kappa shape index (κ1) is 17.2. The number of aryl methyl sites for hydroxylation is 1. The van der Waals surface area contributed by atoms with Crippen molar-refractivity contribution in [1.82, 2.24) is 26.1 Å². The summed E-state index contributed by atoms with van der Waals surface area (Å²) in [4.78, 5) is 27.5. The maximum absolute atomic E-state index is 11.9. The summed E-state index contributed by atoms with van der Waals surface area (Å²) in [5.74, 6) is 1.34. The highest BCUT2D eigenvalue weighted by molar-refractivity contribution is 5.78. The van der Waals surface area contributed by atoms with Gasteiger partial charge in [-0.05, 0) is 19.8 Å². The number of nitrogens with one attached hydrogen (secondary N) is 3. The fraction of sp³-hybridized carbons (Fsp3) is 0.733. The standard InChI is InChI=1S/C15H25N5O3/c1-11-19-13(23-20-11)7-8-17-15(22)18-10-9-16-14(21)12-5-3-2-4-6-12/h12H,2-10H2,1H3,(H,16,21)(H2,17,18,22). The minimum absolute atomic E-state index is 0.110. The average molecular weight is 323 g/mol. The van der Waals surface area contributed by atoms with Gasteiger partial charge in [-0.15, -0.1) is 0 Å². The Balaban J connectivity index is 1.50. The number of aromatic nitrogens is 2. The molecule has 3 N–H and O–H groups in total. The molecule has 0 radical (unpaired) electrons. The summed E-state index contributed by atoms with van der Waals surface area (Å²) < 4.78 is 4.95. The molecule has 0 saturated heterocycles. The maximum atomic E-state index is 11.9. The maximum Gasteiger partial charge on any atom is 0.314 e. The van der Waals surface area contributed by atoms with E-state index in [0.717, 1.165) is 25.7 Å². The quantitative estimate of drug-likeness (QED) is 0.646. The van der Waals surface area contributed by atoms with Crippen molar-refractivity contribution in [2.24, 2.45) is 5.92 Å². The third kappa shape index (κ3) is 6.25. The van der Waals surface area contributed by atoms with Crippen LogP contribution in [0.3, 0.4) is 0 Å². The molecule has 0 spiro atoms. The van der Waals surface area contributed by atoms with Crippen molar-refractivity contribution in [3.8, 4) is 0 Å². The molecule has 1 fully saturated rings. The van der Waals surface area contributed by atoms with Crippen LogP contribution in [-0.2, 0) is 11.2 Å². The second-order valence-electron chi connectivity index (χ2n) is 5.79. The summed E-state index contributed by atoms with van der Waals surface area (Å²) in [5, 5.41) is 12.0. The molecule has 128 valence electrons. The number of rotatable bonds is 7. The van der Waals surface area contributed by atoms with E-state index in [-0.39, 0.29) is 17.9 Å². The highest BCUT2D eigenvalue weighted by atomic mass is 16.5. The molecule has 8 heteroatoms. The molecule has 0 aliphatic heterocycles. The van der Waals surface area contributed by atoms with Crippen molar-refractivity contribution in [2.45, 2.75) is 45.4 Å². The number of hydrogen-bond donors (Lipinski definition) is 3. The molecule has 1 heterocycles. The van der Waals surface area contributed by atoms with Crippen LogP contribution in [0.5, 0.6) is 0 Å². The molecule has 2 rings (SSSR count). The van der Waals surface area contributed by atoms with Crippen LogP contribution in [0.2, 0.25) is 0 Å². The number of carbonyl (C=O) groups is 2. The minimum Gasteiger partial charge on any atom is -0.354 e. The second kappa shape index (κ2) is 9.12. The normalized spacial score (nSPS) is 15.2. The van der Waals surface area contributed by atoms with Crippen molar-refractivity contribution in [3.63, 3.8) is 0 Å². The second-order valence-corrected chi connectivity index (χ2v) is 5.79. The minimum atomic E-state index is -0.270. The predicted octanol–water partition coefficient (Wildman–Crippen LogP) is 0.916. The number of amides is 3. The smallest absolute Gasteiger partial charge is 0.314 e. The van der Waals surface area contributed by atoms with E-state index in [2.05, 4.69) is 26.1 Å². The number of hydrogen-bond acceptors (Lipinski definition) is 5. The SMILES string of the molecule is Cc1noc(CCNC(=O)NCCNC(=O)C2CCCCC2)n1. The molecular weight excluding hydrogens is 298 g/mol. The molecule has 0 atom stereocenters. The van der Waals surface area contributed by atoms with E-state index in [1.165, 1.54) is 6.42 Å². The van der Waals surface area contributed by atoms with Crippen LogP contribution < -0.4 is 16.0 Å². The molecule has 1 aliphatic rings. The Kier molecular flexibility index (Phi) is 6.83. The molecule has 0 aromatic carbocycles. The summed E-state index contributed by atoms with van der Waals surface area (Å²) in [5.41, 5.74) is 0. The topological polar surface area (TPSA) is 109 Å². The van der Waals surface area contributed by atoms with Gasteiger partial charge in [-0.1, -0.05) is 24.4 Å². The van der Waals surface area contributed by atoms with Crippen LogP contribution >= 0.6 is 0 Å². The largest absolute Gasteiger partial charge is 0.354 e. The lowest BCUT2D eigenvalue weighted by Crippen LogP contribution is -2.42. The van der Waals surface area contributed by atoms with Crippen LogP contribution in [0, 0.1) is 12.8 Å². The first-order valence-corrected chi connectivity index (χ1v) is 8.24. The fourth-order valence-corrected chi connectivity index (χ4v) is 2.66. The predicted molar refractivity (Wildman–Crippen MR) is 83.7 cm³/mol. The lowest BCUT2D eigenvalue weighted by molar-refractivity contribution is -0.125. The molecule has 3 amide bonds. The Morgan fingerprint density at radius 2 is 1.78 bits per heavy atom. The summed E-state index contributed by atoms with van der Waals surface area (Å²) in [7, 11) is 0. The molecular formula is C15H25N5O3. The van der Waals surface area contributed by atoms with E-state index in [4.69, 9.17) is 4.52 Å². The summed E-state index contributed by atoms with van der Waals surface area (Å²) in [6.45, 7) is 3.02. The van der Waals surface area contributed by atoms with E-state index in [1.807, 2.05) is 0 Å². The van der Waals surface area contributed by atoms with Crippen LogP contribution in [-0.4, -0.2) is 41.7 Å². The van der Waals surface area contributed by atoms with E-state index < -0.39 is 0 Å². The Bertz CT molecular complexity index is 511. The Morgan fingerprint density at radius 3 is 2.48 bits per heavy atom. The van der Waals surface area contributed by atoms with Crippen LogP contribution in [0.4, 0.5) is 4.79 Å². The summed E-state index contributed by atoms with van der Waals surface area (Å²) in [6.07, 6.45) is 5.96. The van der Waals surface area contributed by atoms with Gasteiger partial charge < -0.3 is 20.5 Å². The monoisotopic (exact) mass is 323 g/mol. The summed E-state index contributed by atoms with van der Waals surface area (Å²) in [6, 6.07) is -0.270. The number of carbonyl (C=O) groups excluding carboxylic acids is 2. The van der Waals surface area contributed by atoms with Crippen molar-refractivity contribution in [2.75, 3.05) is 19.6 Å². The van der Waals surface area contributed by atoms with Crippen molar-refractivity contribution >= 4 is 11.9 Å². The first-order valence-electron chi connectivity index (χ1n) is 8.24. The Labute approximate surface area is 135 Å². The molecule has 0 unspecified atom stereocenters.